The van der Waals surface area contributed by atoms with E-state index in [1.165, 1.54) is 44.9 Å². The molecule has 1 radical (unpaired) electrons. The molecule has 0 unspecified atom stereocenters. The van der Waals surface area contributed by atoms with Gasteiger partial charge in [-0.15, -0.1) is 0 Å². The van der Waals surface area contributed by atoms with Gasteiger partial charge in [-0.25, -0.2) is 0 Å². The van der Waals surface area contributed by atoms with Gasteiger partial charge < -0.3 is 5.11 Å². The molecular formula is C18H32LiO2. The van der Waals surface area contributed by atoms with Crippen molar-refractivity contribution in [1.82, 2.24) is 0 Å². The molecule has 0 aromatic carbocycles. The van der Waals surface area contributed by atoms with Crippen LogP contribution in [-0.2, 0) is 4.79 Å². The van der Waals surface area contributed by atoms with Crippen molar-refractivity contribution < 1.29 is 9.90 Å². The normalized spacial score (nSPS) is 11.1. The van der Waals surface area contributed by atoms with Gasteiger partial charge >= 0.3 is 5.97 Å². The average Bonchev–Trinajstić information content (AvgIpc) is 2.43. The van der Waals surface area contributed by atoms with Crippen LogP contribution in [0.4, 0.5) is 0 Å². The van der Waals surface area contributed by atoms with E-state index >= 15 is 0 Å². The molecule has 0 amide bonds. The van der Waals surface area contributed by atoms with Crippen LogP contribution in [0.3, 0.4) is 0 Å². The second-order valence-corrected chi connectivity index (χ2v) is 5.37. The number of carboxylic acids is 1. The SMILES string of the molecule is CCCCC/C=C\C/C=C\CCCCCCCC(=O)O.[Li]. The Morgan fingerprint density at radius 1 is 0.810 bits per heavy atom. The zero-order valence-electron chi connectivity index (χ0n) is 14.2. The van der Waals surface area contributed by atoms with E-state index < -0.39 is 5.97 Å². The van der Waals surface area contributed by atoms with Crippen molar-refractivity contribution in [3.05, 3.63) is 24.3 Å². The summed E-state index contributed by atoms with van der Waals surface area (Å²) in [6.45, 7) is 2.23. The number of hydrogen-bond donors (Lipinski definition) is 1. The van der Waals surface area contributed by atoms with Gasteiger partial charge in [-0.05, 0) is 38.5 Å². The summed E-state index contributed by atoms with van der Waals surface area (Å²) in [7, 11) is 0. The molecule has 0 aliphatic heterocycles. The van der Waals surface area contributed by atoms with E-state index in [0.717, 1.165) is 25.7 Å². The fraction of sp³-hybridized carbons (Fsp3) is 0.722. The van der Waals surface area contributed by atoms with Gasteiger partial charge in [0.2, 0.25) is 0 Å². The number of unbranched alkanes of at least 4 members (excludes halogenated alkanes) is 8. The Bertz CT molecular complexity index is 272. The van der Waals surface area contributed by atoms with E-state index in [9.17, 15) is 4.79 Å². The molecule has 0 bridgehead atoms. The van der Waals surface area contributed by atoms with Crippen LogP contribution in [0.25, 0.3) is 0 Å². The summed E-state index contributed by atoms with van der Waals surface area (Å²) < 4.78 is 0. The number of aliphatic carboxylic acids is 1. The summed E-state index contributed by atoms with van der Waals surface area (Å²) in [4.78, 5) is 10.3. The molecular weight excluding hydrogens is 255 g/mol. The van der Waals surface area contributed by atoms with Crippen LogP contribution >= 0.6 is 0 Å². The first-order valence-corrected chi connectivity index (χ1v) is 8.29. The minimum Gasteiger partial charge on any atom is -0.481 e. The Morgan fingerprint density at radius 2 is 1.33 bits per heavy atom. The first-order chi connectivity index (χ1) is 9.77. The van der Waals surface area contributed by atoms with Crippen molar-refractivity contribution in [2.45, 2.75) is 84.0 Å². The fourth-order valence-corrected chi connectivity index (χ4v) is 2.09. The molecule has 0 atom stereocenters. The number of carboxylic acid groups (broad SMARTS) is 1. The van der Waals surface area contributed by atoms with E-state index in [0.29, 0.717) is 6.42 Å². The van der Waals surface area contributed by atoms with E-state index in [2.05, 4.69) is 31.2 Å². The third-order valence-electron chi connectivity index (χ3n) is 3.34. The number of rotatable bonds is 14. The van der Waals surface area contributed by atoms with E-state index in [1.807, 2.05) is 0 Å². The molecule has 0 aliphatic carbocycles. The summed E-state index contributed by atoms with van der Waals surface area (Å²) in [5.74, 6) is -0.671. The van der Waals surface area contributed by atoms with Crippen molar-refractivity contribution >= 4 is 24.8 Å². The molecule has 0 heterocycles. The fourth-order valence-electron chi connectivity index (χ4n) is 2.09. The molecule has 0 fully saturated rings. The van der Waals surface area contributed by atoms with Crippen LogP contribution in [-0.4, -0.2) is 29.9 Å². The van der Waals surface area contributed by atoms with E-state index in [4.69, 9.17) is 5.11 Å². The second kappa shape index (κ2) is 19.5. The molecule has 1 N–H and O–H groups in total. The molecule has 0 aromatic heterocycles. The van der Waals surface area contributed by atoms with E-state index in [-0.39, 0.29) is 18.9 Å². The van der Waals surface area contributed by atoms with Crippen LogP contribution in [0.1, 0.15) is 84.0 Å². The molecule has 21 heavy (non-hydrogen) atoms. The van der Waals surface area contributed by atoms with Crippen molar-refractivity contribution in [3.8, 4) is 0 Å². The van der Waals surface area contributed by atoms with Crippen LogP contribution in [0.2, 0.25) is 0 Å². The maximum absolute atomic E-state index is 10.3. The number of carbonyl (C=O) groups is 1. The summed E-state index contributed by atoms with van der Waals surface area (Å²) in [5.41, 5.74) is 0. The Hall–Kier alpha value is -0.453. The predicted octanol–water partition coefficient (Wildman–Crippen LogP) is 5.50. The van der Waals surface area contributed by atoms with Gasteiger partial charge in [-0.3, -0.25) is 4.79 Å². The van der Waals surface area contributed by atoms with Crippen LogP contribution in [0.15, 0.2) is 24.3 Å². The number of hydrogen-bond acceptors (Lipinski definition) is 1. The Balaban J connectivity index is 0. The first-order valence-electron chi connectivity index (χ1n) is 8.29. The number of allylic oxidation sites excluding steroid dienone is 4. The molecule has 0 saturated heterocycles. The Labute approximate surface area is 143 Å². The quantitative estimate of drug-likeness (QED) is 0.260. The van der Waals surface area contributed by atoms with Crippen LogP contribution in [0.5, 0.6) is 0 Å². The minimum atomic E-state index is -0.671. The summed E-state index contributed by atoms with van der Waals surface area (Å²) in [6, 6.07) is 0. The van der Waals surface area contributed by atoms with Gasteiger partial charge in [0.1, 0.15) is 0 Å². The van der Waals surface area contributed by atoms with Gasteiger partial charge in [0.15, 0.2) is 0 Å². The average molecular weight is 287 g/mol. The molecule has 2 nitrogen and oxygen atoms in total. The molecule has 0 spiro atoms. The van der Waals surface area contributed by atoms with Crippen LogP contribution in [0, 0.1) is 0 Å². The standard InChI is InChI=1S/C18H32O2.Li/c1-2-3-4-5-6-7-8-9-10-11-12-13-14-15-16-17-18(19)20;/h6-7,9-10H,2-5,8,11-17H2,1H3,(H,19,20);/b7-6-,10-9-;. The molecule has 117 valence electrons. The monoisotopic (exact) mass is 287 g/mol. The van der Waals surface area contributed by atoms with Gasteiger partial charge in [-0.1, -0.05) is 63.3 Å². The maximum Gasteiger partial charge on any atom is 0.303 e. The van der Waals surface area contributed by atoms with Crippen LogP contribution < -0.4 is 0 Å². The van der Waals surface area contributed by atoms with Gasteiger partial charge in [0, 0.05) is 25.3 Å². The molecule has 0 saturated carbocycles. The zero-order valence-corrected chi connectivity index (χ0v) is 14.2. The third-order valence-corrected chi connectivity index (χ3v) is 3.34. The van der Waals surface area contributed by atoms with Crippen molar-refractivity contribution in [3.63, 3.8) is 0 Å². The molecule has 0 aromatic rings. The third kappa shape index (κ3) is 22.0. The van der Waals surface area contributed by atoms with Gasteiger partial charge in [-0.2, -0.15) is 0 Å². The smallest absolute Gasteiger partial charge is 0.303 e. The van der Waals surface area contributed by atoms with Gasteiger partial charge in [0.05, 0.1) is 0 Å². The first kappa shape index (κ1) is 22.8. The summed E-state index contributed by atoms with van der Waals surface area (Å²) >= 11 is 0. The summed E-state index contributed by atoms with van der Waals surface area (Å²) in [6.07, 6.45) is 22.3. The van der Waals surface area contributed by atoms with Crippen molar-refractivity contribution in [2.75, 3.05) is 0 Å². The van der Waals surface area contributed by atoms with Crippen molar-refractivity contribution in [1.29, 1.82) is 0 Å². The van der Waals surface area contributed by atoms with E-state index in [1.54, 1.807) is 0 Å². The maximum atomic E-state index is 10.3. The predicted molar refractivity (Wildman–Crippen MR) is 92.7 cm³/mol. The second-order valence-electron chi connectivity index (χ2n) is 5.37. The zero-order chi connectivity index (χ0) is 14.9. The largest absolute Gasteiger partial charge is 0.481 e. The Morgan fingerprint density at radius 3 is 1.90 bits per heavy atom. The Kier molecular flexibility index (Phi) is 21.2. The minimum absolute atomic E-state index is 0. The van der Waals surface area contributed by atoms with Gasteiger partial charge in [0.25, 0.3) is 0 Å². The summed E-state index contributed by atoms with van der Waals surface area (Å²) in [5, 5.41) is 8.50. The molecule has 0 aliphatic rings. The molecule has 0 rings (SSSR count). The molecule has 3 heteroatoms. The van der Waals surface area contributed by atoms with Crippen molar-refractivity contribution in [2.24, 2.45) is 0 Å². The topological polar surface area (TPSA) is 37.3 Å².